The fraction of sp³-hybridized carbons (Fsp3) is 0.889. The minimum atomic E-state index is 0.208. The van der Waals surface area contributed by atoms with E-state index in [1.807, 2.05) is 0 Å². The topological polar surface area (TPSA) is 29.1 Å². The van der Waals surface area contributed by atoms with E-state index in [4.69, 9.17) is 0 Å². The van der Waals surface area contributed by atoms with Gasteiger partial charge in [0.15, 0.2) is 0 Å². The number of nitrogens with one attached hydrogen (secondary N) is 1. The van der Waals surface area contributed by atoms with Gasteiger partial charge in [-0.25, -0.2) is 0 Å². The van der Waals surface area contributed by atoms with Gasteiger partial charge in [0.1, 0.15) is 5.78 Å². The highest BCUT2D eigenvalue weighted by molar-refractivity contribution is 5.77. The fourth-order valence-corrected chi connectivity index (χ4v) is 0.859. The van der Waals surface area contributed by atoms with Crippen molar-refractivity contribution in [2.75, 3.05) is 6.54 Å². The number of hydrogen-bond donors (Lipinski definition) is 1. The first-order chi connectivity index (χ1) is 5.07. The highest BCUT2D eigenvalue weighted by atomic mass is 16.1. The van der Waals surface area contributed by atoms with Crippen LogP contribution in [-0.2, 0) is 4.79 Å². The van der Waals surface area contributed by atoms with Gasteiger partial charge in [-0.2, -0.15) is 0 Å². The molecule has 0 rings (SSSR count). The Morgan fingerprint density at radius 2 is 2.00 bits per heavy atom. The van der Waals surface area contributed by atoms with Crippen LogP contribution in [0, 0.1) is 5.92 Å². The summed E-state index contributed by atoms with van der Waals surface area (Å²) in [5, 5.41) is 3.18. The summed E-state index contributed by atoms with van der Waals surface area (Å²) in [5.74, 6) is 0.856. The molecule has 2 atom stereocenters. The Labute approximate surface area is 69.4 Å². The molecular formula is C9H19NO. The maximum Gasteiger partial charge on any atom is 0.143 e. The van der Waals surface area contributed by atoms with E-state index in [0.29, 0.717) is 18.5 Å². The summed E-state index contributed by atoms with van der Waals surface area (Å²) in [6.45, 7) is 8.59. The van der Waals surface area contributed by atoms with Crippen LogP contribution in [0.1, 0.15) is 34.1 Å². The van der Waals surface area contributed by atoms with Crippen LogP contribution in [0.4, 0.5) is 0 Å². The zero-order valence-corrected chi connectivity index (χ0v) is 7.98. The van der Waals surface area contributed by atoms with Crippen molar-refractivity contribution in [3.8, 4) is 0 Å². The number of hydrogen-bond acceptors (Lipinski definition) is 2. The van der Waals surface area contributed by atoms with Gasteiger partial charge in [0.05, 0.1) is 6.54 Å². The number of Topliss-reactive ketones (excluding diaryl/α,β-unsaturated/α-hetero) is 1. The van der Waals surface area contributed by atoms with Gasteiger partial charge >= 0.3 is 0 Å². The van der Waals surface area contributed by atoms with Crippen molar-refractivity contribution in [2.45, 2.75) is 40.2 Å². The highest BCUT2D eigenvalue weighted by Crippen LogP contribution is 2.05. The minimum Gasteiger partial charge on any atom is -0.307 e. The largest absolute Gasteiger partial charge is 0.307 e. The zero-order valence-electron chi connectivity index (χ0n) is 7.98. The summed E-state index contributed by atoms with van der Waals surface area (Å²) in [6.07, 6.45) is 1.16. The van der Waals surface area contributed by atoms with E-state index in [0.717, 1.165) is 6.42 Å². The van der Waals surface area contributed by atoms with E-state index in [9.17, 15) is 4.79 Å². The second-order valence-electron chi connectivity index (χ2n) is 3.26. The van der Waals surface area contributed by atoms with Gasteiger partial charge in [-0.05, 0) is 19.8 Å². The number of ketones is 1. The monoisotopic (exact) mass is 157 g/mol. The van der Waals surface area contributed by atoms with E-state index >= 15 is 0 Å². The molecule has 11 heavy (non-hydrogen) atoms. The second kappa shape index (κ2) is 5.30. The molecule has 0 amide bonds. The fourth-order valence-electron chi connectivity index (χ4n) is 0.859. The minimum absolute atomic E-state index is 0.208. The first kappa shape index (κ1) is 10.6. The lowest BCUT2D eigenvalue weighted by Gasteiger charge is -2.18. The van der Waals surface area contributed by atoms with Crippen LogP contribution in [0.15, 0.2) is 0 Å². The lowest BCUT2D eigenvalue weighted by Crippen LogP contribution is -2.35. The molecule has 2 nitrogen and oxygen atoms in total. The Morgan fingerprint density at radius 1 is 1.45 bits per heavy atom. The Hall–Kier alpha value is -0.370. The number of rotatable bonds is 5. The molecule has 0 saturated carbocycles. The third kappa shape index (κ3) is 4.96. The van der Waals surface area contributed by atoms with E-state index in [-0.39, 0.29) is 5.78 Å². The summed E-state index contributed by atoms with van der Waals surface area (Å²) in [5.41, 5.74) is 0. The van der Waals surface area contributed by atoms with Gasteiger partial charge in [-0.15, -0.1) is 0 Å². The molecule has 2 unspecified atom stereocenters. The molecule has 0 aromatic carbocycles. The molecule has 0 heterocycles. The lowest BCUT2D eigenvalue weighted by molar-refractivity contribution is -0.116. The van der Waals surface area contributed by atoms with Crippen LogP contribution in [0.3, 0.4) is 0 Å². The zero-order chi connectivity index (χ0) is 8.85. The van der Waals surface area contributed by atoms with Crippen LogP contribution in [0.25, 0.3) is 0 Å². The van der Waals surface area contributed by atoms with Gasteiger partial charge in [0.25, 0.3) is 0 Å². The maximum atomic E-state index is 10.6. The van der Waals surface area contributed by atoms with Crippen LogP contribution in [0.5, 0.6) is 0 Å². The first-order valence-electron chi connectivity index (χ1n) is 4.30. The normalized spacial score (nSPS) is 16.0. The summed E-state index contributed by atoms with van der Waals surface area (Å²) >= 11 is 0. The van der Waals surface area contributed by atoms with Crippen LogP contribution in [0.2, 0.25) is 0 Å². The molecule has 66 valence electrons. The van der Waals surface area contributed by atoms with Crippen LogP contribution >= 0.6 is 0 Å². The molecule has 2 heteroatoms. The third-order valence-electron chi connectivity index (χ3n) is 2.17. The van der Waals surface area contributed by atoms with Gasteiger partial charge in [0.2, 0.25) is 0 Å². The van der Waals surface area contributed by atoms with Crippen molar-refractivity contribution in [1.29, 1.82) is 0 Å². The standard InChI is InChI=1S/C9H19NO/c1-5-7(2)9(4)10-6-8(3)11/h7,9-10H,5-6H2,1-4H3. The van der Waals surface area contributed by atoms with Gasteiger partial charge in [-0.3, -0.25) is 4.79 Å². The summed E-state index contributed by atoms with van der Waals surface area (Å²) in [4.78, 5) is 10.6. The van der Waals surface area contributed by atoms with Gasteiger partial charge < -0.3 is 5.32 Å². The molecular weight excluding hydrogens is 138 g/mol. The first-order valence-corrected chi connectivity index (χ1v) is 4.30. The summed E-state index contributed by atoms with van der Waals surface area (Å²) in [7, 11) is 0. The van der Waals surface area contributed by atoms with Crippen molar-refractivity contribution in [3.05, 3.63) is 0 Å². The average molecular weight is 157 g/mol. The lowest BCUT2D eigenvalue weighted by atomic mass is 10.0. The maximum absolute atomic E-state index is 10.6. The number of carbonyl (C=O) groups excluding carboxylic acids is 1. The van der Waals surface area contributed by atoms with Crippen molar-refractivity contribution in [1.82, 2.24) is 5.32 Å². The molecule has 1 N–H and O–H groups in total. The highest BCUT2D eigenvalue weighted by Gasteiger charge is 2.08. The smallest absolute Gasteiger partial charge is 0.143 e. The summed E-state index contributed by atoms with van der Waals surface area (Å²) < 4.78 is 0. The molecule has 0 bridgehead atoms. The molecule has 0 aliphatic heterocycles. The molecule has 0 aromatic rings. The van der Waals surface area contributed by atoms with Crippen molar-refractivity contribution in [3.63, 3.8) is 0 Å². The second-order valence-corrected chi connectivity index (χ2v) is 3.26. The molecule has 0 aromatic heterocycles. The number of carbonyl (C=O) groups is 1. The van der Waals surface area contributed by atoms with Gasteiger partial charge in [-0.1, -0.05) is 20.3 Å². The molecule has 0 radical (unpaired) electrons. The molecule has 0 fully saturated rings. The average Bonchev–Trinajstić information content (AvgIpc) is 1.98. The molecule has 0 aliphatic carbocycles. The van der Waals surface area contributed by atoms with Crippen molar-refractivity contribution >= 4 is 5.78 Å². The van der Waals surface area contributed by atoms with E-state index in [2.05, 4.69) is 26.1 Å². The van der Waals surface area contributed by atoms with Gasteiger partial charge in [0, 0.05) is 6.04 Å². The SMILES string of the molecule is CCC(C)C(C)NCC(C)=O. The quantitative estimate of drug-likeness (QED) is 0.656. The Balaban J connectivity index is 3.51. The van der Waals surface area contributed by atoms with Crippen LogP contribution < -0.4 is 5.32 Å². The Kier molecular flexibility index (Phi) is 5.12. The van der Waals surface area contributed by atoms with E-state index in [1.54, 1.807) is 6.92 Å². The van der Waals surface area contributed by atoms with E-state index in [1.165, 1.54) is 0 Å². The molecule has 0 saturated heterocycles. The third-order valence-corrected chi connectivity index (χ3v) is 2.17. The predicted molar refractivity (Wildman–Crippen MR) is 47.6 cm³/mol. The van der Waals surface area contributed by atoms with Crippen molar-refractivity contribution < 1.29 is 4.79 Å². The summed E-state index contributed by atoms with van der Waals surface area (Å²) in [6, 6.07) is 0.448. The Morgan fingerprint density at radius 3 is 2.36 bits per heavy atom. The van der Waals surface area contributed by atoms with Crippen molar-refractivity contribution in [2.24, 2.45) is 5.92 Å². The molecule has 0 aliphatic rings. The Bertz CT molecular complexity index is 123. The molecule has 0 spiro atoms. The predicted octanol–water partition coefficient (Wildman–Crippen LogP) is 1.60. The van der Waals surface area contributed by atoms with Crippen LogP contribution in [-0.4, -0.2) is 18.4 Å². The van der Waals surface area contributed by atoms with E-state index < -0.39 is 0 Å².